The highest BCUT2D eigenvalue weighted by Crippen LogP contribution is 2.19. The van der Waals surface area contributed by atoms with E-state index in [2.05, 4.69) is 12.2 Å². The van der Waals surface area contributed by atoms with Crippen LogP contribution < -0.4 is 5.32 Å². The molecule has 0 heterocycles. The van der Waals surface area contributed by atoms with Crippen LogP contribution in [0.4, 0.5) is 0 Å². The van der Waals surface area contributed by atoms with E-state index in [9.17, 15) is 15.0 Å². The van der Waals surface area contributed by atoms with Crippen LogP contribution in [0.5, 0.6) is 0 Å². The second-order valence-electron chi connectivity index (χ2n) is 7.69. The van der Waals surface area contributed by atoms with Crippen LogP contribution in [0.2, 0.25) is 0 Å². The van der Waals surface area contributed by atoms with E-state index in [-0.39, 0.29) is 12.5 Å². The lowest BCUT2D eigenvalue weighted by atomic mass is 10.0. The summed E-state index contributed by atoms with van der Waals surface area (Å²) in [6.07, 6.45) is 11.1. The topological polar surface area (TPSA) is 69.6 Å². The summed E-state index contributed by atoms with van der Waals surface area (Å²) < 4.78 is 0. The molecule has 1 aromatic carbocycles. The lowest BCUT2D eigenvalue weighted by molar-refractivity contribution is -0.122. The summed E-state index contributed by atoms with van der Waals surface area (Å²) in [5.41, 5.74) is 1.95. The van der Waals surface area contributed by atoms with Gasteiger partial charge in [0, 0.05) is 6.42 Å². The number of unbranched alkanes of at least 4 members (excludes halogenated alkanes) is 8. The van der Waals surface area contributed by atoms with Crippen LogP contribution in [0.15, 0.2) is 24.3 Å². The number of carbonyl (C=O) groups is 1. The Bertz CT molecular complexity index is 501. The fourth-order valence-electron chi connectivity index (χ4n) is 3.27. The minimum Gasteiger partial charge on any atom is -0.394 e. The Hall–Kier alpha value is -1.39. The summed E-state index contributed by atoms with van der Waals surface area (Å²) in [5.74, 6) is -0.0342. The van der Waals surface area contributed by atoms with Crippen molar-refractivity contribution in [2.45, 2.75) is 96.6 Å². The van der Waals surface area contributed by atoms with Crippen LogP contribution in [0.3, 0.4) is 0 Å². The van der Waals surface area contributed by atoms with Crippen molar-refractivity contribution in [1.29, 1.82) is 0 Å². The van der Waals surface area contributed by atoms with Crippen molar-refractivity contribution < 1.29 is 15.0 Å². The van der Waals surface area contributed by atoms with Crippen molar-refractivity contribution in [3.63, 3.8) is 0 Å². The fraction of sp³-hybridized carbons (Fsp3) is 0.696. The number of aliphatic hydroxyl groups excluding tert-OH is 2. The SMILES string of the molecule is CCCCCCCCCCCC(=O)N[C@H](CO)C[C@H](O)c1ccc(C)cc1. The van der Waals surface area contributed by atoms with E-state index in [0.29, 0.717) is 12.8 Å². The van der Waals surface area contributed by atoms with Crippen molar-refractivity contribution in [3.8, 4) is 0 Å². The summed E-state index contributed by atoms with van der Waals surface area (Å²) in [7, 11) is 0. The quantitative estimate of drug-likeness (QED) is 0.384. The number of hydrogen-bond donors (Lipinski definition) is 3. The summed E-state index contributed by atoms with van der Waals surface area (Å²) >= 11 is 0. The average Bonchev–Trinajstić information content (AvgIpc) is 2.66. The van der Waals surface area contributed by atoms with Crippen LogP contribution in [-0.2, 0) is 4.79 Å². The first kappa shape index (κ1) is 23.6. The van der Waals surface area contributed by atoms with Crippen LogP contribution in [0.25, 0.3) is 0 Å². The maximum Gasteiger partial charge on any atom is 0.220 e. The predicted octanol–water partition coefficient (Wildman–Crippen LogP) is 4.82. The molecule has 1 rings (SSSR count). The van der Waals surface area contributed by atoms with Crippen LogP contribution in [0, 0.1) is 6.92 Å². The van der Waals surface area contributed by atoms with Crippen molar-refractivity contribution >= 4 is 5.91 Å². The Morgan fingerprint density at radius 3 is 2.07 bits per heavy atom. The molecule has 0 saturated heterocycles. The van der Waals surface area contributed by atoms with Gasteiger partial charge in [0.25, 0.3) is 0 Å². The number of hydrogen-bond acceptors (Lipinski definition) is 3. The first-order chi connectivity index (χ1) is 13.1. The van der Waals surface area contributed by atoms with Gasteiger partial charge in [-0.2, -0.15) is 0 Å². The molecule has 0 unspecified atom stereocenters. The maximum atomic E-state index is 12.1. The summed E-state index contributed by atoms with van der Waals surface area (Å²) in [5, 5.41) is 22.7. The average molecular weight is 378 g/mol. The number of carbonyl (C=O) groups excluding carboxylic acids is 1. The molecule has 27 heavy (non-hydrogen) atoms. The lowest BCUT2D eigenvalue weighted by Gasteiger charge is -2.20. The smallest absolute Gasteiger partial charge is 0.220 e. The minimum atomic E-state index is -0.684. The molecule has 0 aliphatic rings. The molecule has 0 aromatic heterocycles. The van der Waals surface area contributed by atoms with Gasteiger partial charge in [0.15, 0.2) is 0 Å². The van der Waals surface area contributed by atoms with Crippen LogP contribution in [-0.4, -0.2) is 28.8 Å². The third-order valence-corrected chi connectivity index (χ3v) is 5.06. The van der Waals surface area contributed by atoms with E-state index in [0.717, 1.165) is 24.0 Å². The van der Waals surface area contributed by atoms with Gasteiger partial charge in [-0.25, -0.2) is 0 Å². The van der Waals surface area contributed by atoms with Crippen LogP contribution in [0.1, 0.15) is 94.8 Å². The van der Waals surface area contributed by atoms with Gasteiger partial charge in [-0.1, -0.05) is 88.1 Å². The molecule has 0 aliphatic heterocycles. The highest BCUT2D eigenvalue weighted by Gasteiger charge is 2.17. The van der Waals surface area contributed by atoms with E-state index in [1.165, 1.54) is 44.9 Å². The molecule has 3 N–H and O–H groups in total. The van der Waals surface area contributed by atoms with Crippen molar-refractivity contribution in [1.82, 2.24) is 5.32 Å². The third-order valence-electron chi connectivity index (χ3n) is 5.06. The van der Waals surface area contributed by atoms with E-state index in [1.807, 2.05) is 31.2 Å². The molecule has 1 amide bonds. The molecule has 0 aliphatic carbocycles. The zero-order valence-corrected chi connectivity index (χ0v) is 17.3. The highest BCUT2D eigenvalue weighted by molar-refractivity contribution is 5.76. The van der Waals surface area contributed by atoms with E-state index in [1.54, 1.807) is 0 Å². The zero-order chi connectivity index (χ0) is 19.9. The van der Waals surface area contributed by atoms with Crippen molar-refractivity contribution in [3.05, 3.63) is 35.4 Å². The Morgan fingerprint density at radius 1 is 0.963 bits per heavy atom. The number of amides is 1. The van der Waals surface area contributed by atoms with Gasteiger partial charge in [0.05, 0.1) is 18.8 Å². The molecule has 0 spiro atoms. The Labute approximate surface area is 165 Å². The Balaban J connectivity index is 2.16. The fourth-order valence-corrected chi connectivity index (χ4v) is 3.27. The van der Waals surface area contributed by atoms with Gasteiger partial charge in [0.2, 0.25) is 5.91 Å². The van der Waals surface area contributed by atoms with Gasteiger partial charge < -0.3 is 15.5 Å². The number of rotatable bonds is 15. The first-order valence-corrected chi connectivity index (χ1v) is 10.7. The number of benzene rings is 1. The zero-order valence-electron chi connectivity index (χ0n) is 17.3. The highest BCUT2D eigenvalue weighted by atomic mass is 16.3. The molecule has 4 heteroatoms. The molecule has 2 atom stereocenters. The van der Waals surface area contributed by atoms with Gasteiger partial charge in [-0.05, 0) is 25.3 Å². The standard InChI is InChI=1S/C23H39NO3/c1-3-4-5-6-7-8-9-10-11-12-23(27)24-21(18-25)17-22(26)20-15-13-19(2)14-16-20/h13-16,21-22,25-26H,3-12,17-18H2,1-2H3,(H,24,27)/t21-,22-/m0/s1. The van der Waals surface area contributed by atoms with E-state index in [4.69, 9.17) is 0 Å². The number of aliphatic hydroxyl groups is 2. The largest absolute Gasteiger partial charge is 0.394 e. The number of nitrogens with one attached hydrogen (secondary N) is 1. The third kappa shape index (κ3) is 11.1. The molecule has 4 nitrogen and oxygen atoms in total. The first-order valence-electron chi connectivity index (χ1n) is 10.7. The summed E-state index contributed by atoms with van der Waals surface area (Å²) in [4.78, 5) is 12.1. The number of aryl methyl sites for hydroxylation is 1. The van der Waals surface area contributed by atoms with Crippen molar-refractivity contribution in [2.24, 2.45) is 0 Å². The van der Waals surface area contributed by atoms with E-state index >= 15 is 0 Å². The van der Waals surface area contributed by atoms with Crippen molar-refractivity contribution in [2.75, 3.05) is 6.61 Å². The summed E-state index contributed by atoms with van der Waals surface area (Å²) in [6, 6.07) is 7.27. The second-order valence-corrected chi connectivity index (χ2v) is 7.69. The predicted molar refractivity (Wildman–Crippen MR) is 112 cm³/mol. The molecule has 0 fully saturated rings. The molecule has 154 valence electrons. The van der Waals surface area contributed by atoms with Gasteiger partial charge in [-0.15, -0.1) is 0 Å². The Kier molecular flexibility index (Phi) is 12.8. The molecular formula is C23H39NO3. The molecule has 1 aromatic rings. The van der Waals surface area contributed by atoms with E-state index < -0.39 is 12.1 Å². The molecule has 0 bridgehead atoms. The molecule has 0 radical (unpaired) electrons. The van der Waals surface area contributed by atoms with Crippen LogP contribution >= 0.6 is 0 Å². The minimum absolute atomic E-state index is 0.0342. The molecular weight excluding hydrogens is 338 g/mol. The van der Waals surface area contributed by atoms with Gasteiger partial charge in [0.1, 0.15) is 0 Å². The molecule has 0 saturated carbocycles. The van der Waals surface area contributed by atoms with Gasteiger partial charge in [-0.3, -0.25) is 4.79 Å². The second kappa shape index (κ2) is 14.6. The lowest BCUT2D eigenvalue weighted by Crippen LogP contribution is -2.38. The monoisotopic (exact) mass is 377 g/mol. The Morgan fingerprint density at radius 2 is 1.52 bits per heavy atom. The summed E-state index contributed by atoms with van der Waals surface area (Å²) in [6.45, 7) is 4.07. The van der Waals surface area contributed by atoms with Gasteiger partial charge >= 0.3 is 0 Å². The maximum absolute atomic E-state index is 12.1. The normalized spacial score (nSPS) is 13.3.